The lowest BCUT2D eigenvalue weighted by Crippen LogP contribution is -2.23. The van der Waals surface area contributed by atoms with Gasteiger partial charge in [0.05, 0.1) is 10.5 Å². The largest absolute Gasteiger partial charge is 0.468 e. The van der Waals surface area contributed by atoms with Gasteiger partial charge in [0.15, 0.2) is 16.4 Å². The fraction of sp³-hybridized carbons (Fsp3) is 0.250. The molecule has 1 aromatic heterocycles. The van der Waals surface area contributed by atoms with Crippen LogP contribution in [-0.4, -0.2) is 38.3 Å². The molecule has 2 rings (SSSR count). The molecule has 0 aliphatic carbocycles. The number of pyridine rings is 1. The standard InChI is InChI=1S/C16H15F3N2O4S/c1-26(23,24)13-5-2-11(3-6-13)8-21-15(22)12-4-7-14(20-9-12)25-10-16(17,18)19/h2-7,9H,8,10H2,1H3,(H,21,22). The third-order valence-corrected chi connectivity index (χ3v) is 4.32. The van der Waals surface area contributed by atoms with Crippen molar-refractivity contribution in [1.82, 2.24) is 10.3 Å². The summed E-state index contributed by atoms with van der Waals surface area (Å²) < 4.78 is 63.4. The van der Waals surface area contributed by atoms with Gasteiger partial charge in [0.1, 0.15) is 0 Å². The van der Waals surface area contributed by atoms with Gasteiger partial charge in [0, 0.05) is 25.1 Å². The van der Waals surface area contributed by atoms with Crippen LogP contribution in [0.5, 0.6) is 5.88 Å². The molecule has 1 aromatic carbocycles. The molecule has 0 unspecified atom stereocenters. The molecule has 0 bridgehead atoms. The first-order valence-electron chi connectivity index (χ1n) is 7.27. The normalized spacial score (nSPS) is 11.8. The quantitative estimate of drug-likeness (QED) is 0.821. The van der Waals surface area contributed by atoms with E-state index >= 15 is 0 Å². The van der Waals surface area contributed by atoms with Gasteiger partial charge in [-0.1, -0.05) is 12.1 Å². The second-order valence-electron chi connectivity index (χ2n) is 5.39. The smallest absolute Gasteiger partial charge is 0.422 e. The number of carbonyl (C=O) groups excluding carboxylic acids is 1. The lowest BCUT2D eigenvalue weighted by molar-refractivity contribution is -0.154. The molecule has 0 fully saturated rings. The zero-order valence-electron chi connectivity index (χ0n) is 13.6. The van der Waals surface area contributed by atoms with Crippen LogP contribution >= 0.6 is 0 Å². The molecule has 0 atom stereocenters. The van der Waals surface area contributed by atoms with Crippen molar-refractivity contribution in [2.75, 3.05) is 12.9 Å². The molecule has 0 saturated heterocycles. The average molecular weight is 388 g/mol. The number of carbonyl (C=O) groups is 1. The SMILES string of the molecule is CS(=O)(=O)c1ccc(CNC(=O)c2ccc(OCC(F)(F)F)nc2)cc1. The van der Waals surface area contributed by atoms with Crippen molar-refractivity contribution in [3.05, 3.63) is 53.7 Å². The fourth-order valence-electron chi connectivity index (χ4n) is 1.89. The maximum atomic E-state index is 12.1. The first kappa shape index (κ1) is 19.7. The average Bonchev–Trinajstić information content (AvgIpc) is 2.57. The molecule has 2 aromatic rings. The van der Waals surface area contributed by atoms with Crippen LogP contribution in [0.1, 0.15) is 15.9 Å². The maximum Gasteiger partial charge on any atom is 0.422 e. The number of nitrogens with zero attached hydrogens (tertiary/aromatic N) is 1. The number of amides is 1. The van der Waals surface area contributed by atoms with E-state index in [4.69, 9.17) is 0 Å². The van der Waals surface area contributed by atoms with E-state index in [2.05, 4.69) is 15.0 Å². The molecule has 1 N–H and O–H groups in total. The molecule has 6 nitrogen and oxygen atoms in total. The number of halogens is 3. The minimum Gasteiger partial charge on any atom is -0.468 e. The lowest BCUT2D eigenvalue weighted by atomic mass is 10.2. The molecule has 1 amide bonds. The van der Waals surface area contributed by atoms with Crippen molar-refractivity contribution in [2.24, 2.45) is 0 Å². The molecule has 10 heteroatoms. The Balaban J connectivity index is 1.91. The highest BCUT2D eigenvalue weighted by Crippen LogP contribution is 2.17. The van der Waals surface area contributed by atoms with Gasteiger partial charge in [-0.15, -0.1) is 0 Å². The summed E-state index contributed by atoms with van der Waals surface area (Å²) in [5, 5.41) is 2.60. The highest BCUT2D eigenvalue weighted by Gasteiger charge is 2.28. The van der Waals surface area contributed by atoms with Gasteiger partial charge < -0.3 is 10.1 Å². The van der Waals surface area contributed by atoms with Crippen molar-refractivity contribution in [1.29, 1.82) is 0 Å². The van der Waals surface area contributed by atoms with Gasteiger partial charge >= 0.3 is 6.18 Å². The number of aromatic nitrogens is 1. The van der Waals surface area contributed by atoms with Crippen molar-refractivity contribution in [2.45, 2.75) is 17.6 Å². The van der Waals surface area contributed by atoms with Crippen LogP contribution in [-0.2, 0) is 16.4 Å². The van der Waals surface area contributed by atoms with Crippen molar-refractivity contribution in [3.63, 3.8) is 0 Å². The predicted octanol–water partition coefficient (Wildman–Crippen LogP) is 2.36. The Kier molecular flexibility index (Phi) is 5.86. The summed E-state index contributed by atoms with van der Waals surface area (Å²) in [5.74, 6) is -0.720. The number of ether oxygens (including phenoxy) is 1. The highest BCUT2D eigenvalue weighted by molar-refractivity contribution is 7.90. The third kappa shape index (κ3) is 6.03. The zero-order chi connectivity index (χ0) is 19.4. The van der Waals surface area contributed by atoms with Crippen molar-refractivity contribution >= 4 is 15.7 Å². The minimum absolute atomic E-state index is 0.148. The summed E-state index contributed by atoms with van der Waals surface area (Å²) in [7, 11) is -3.29. The van der Waals surface area contributed by atoms with E-state index in [9.17, 15) is 26.4 Å². The second kappa shape index (κ2) is 7.73. The zero-order valence-corrected chi connectivity index (χ0v) is 14.4. The van der Waals surface area contributed by atoms with Crippen LogP contribution in [0.3, 0.4) is 0 Å². The number of hydrogen-bond donors (Lipinski definition) is 1. The van der Waals surface area contributed by atoms with E-state index in [0.29, 0.717) is 5.56 Å². The number of hydrogen-bond acceptors (Lipinski definition) is 5. The summed E-state index contributed by atoms with van der Waals surface area (Å²) in [4.78, 5) is 15.8. The molecule has 0 aliphatic rings. The molecule has 0 radical (unpaired) electrons. The van der Waals surface area contributed by atoms with E-state index < -0.39 is 28.5 Å². The van der Waals surface area contributed by atoms with Gasteiger partial charge in [-0.2, -0.15) is 13.2 Å². The van der Waals surface area contributed by atoms with Gasteiger partial charge in [-0.25, -0.2) is 13.4 Å². The number of benzene rings is 1. The number of nitrogens with one attached hydrogen (secondary N) is 1. The summed E-state index contributed by atoms with van der Waals surface area (Å²) in [6.45, 7) is -1.32. The van der Waals surface area contributed by atoms with Gasteiger partial charge in [-0.3, -0.25) is 4.79 Å². The monoisotopic (exact) mass is 388 g/mol. The summed E-state index contributed by atoms with van der Waals surface area (Å²) in [5.41, 5.74) is 0.834. The van der Waals surface area contributed by atoms with Gasteiger partial charge in [0.25, 0.3) is 5.91 Å². The van der Waals surface area contributed by atoms with Crippen LogP contribution in [0, 0.1) is 0 Å². The number of sulfone groups is 1. The Hall–Kier alpha value is -2.62. The van der Waals surface area contributed by atoms with E-state index in [1.54, 1.807) is 12.1 Å². The fourth-order valence-corrected chi connectivity index (χ4v) is 2.53. The molecular formula is C16H15F3N2O4S. The van der Waals surface area contributed by atoms with Crippen LogP contribution in [0.2, 0.25) is 0 Å². The Morgan fingerprint density at radius 3 is 2.31 bits per heavy atom. The minimum atomic E-state index is -4.47. The topological polar surface area (TPSA) is 85.4 Å². The summed E-state index contributed by atoms with van der Waals surface area (Å²) in [6.07, 6.45) is -2.27. The Morgan fingerprint density at radius 1 is 1.15 bits per heavy atom. The van der Waals surface area contributed by atoms with Crippen molar-refractivity contribution in [3.8, 4) is 5.88 Å². The summed E-state index contributed by atoms with van der Waals surface area (Å²) >= 11 is 0. The second-order valence-corrected chi connectivity index (χ2v) is 7.40. The maximum absolute atomic E-state index is 12.1. The van der Waals surface area contributed by atoms with Crippen molar-refractivity contribution < 1.29 is 31.1 Å². The Morgan fingerprint density at radius 2 is 1.81 bits per heavy atom. The first-order chi connectivity index (χ1) is 12.0. The Bertz CT molecular complexity index is 864. The van der Waals surface area contributed by atoms with Crippen LogP contribution in [0.25, 0.3) is 0 Å². The first-order valence-corrected chi connectivity index (χ1v) is 9.16. The third-order valence-electron chi connectivity index (χ3n) is 3.19. The van der Waals surface area contributed by atoms with Crippen LogP contribution in [0.4, 0.5) is 13.2 Å². The lowest BCUT2D eigenvalue weighted by Gasteiger charge is -2.09. The van der Waals surface area contributed by atoms with E-state index in [0.717, 1.165) is 12.5 Å². The van der Waals surface area contributed by atoms with Crippen LogP contribution < -0.4 is 10.1 Å². The van der Waals surface area contributed by atoms with E-state index in [-0.39, 0.29) is 22.9 Å². The summed E-state index contributed by atoms with van der Waals surface area (Å²) in [6, 6.07) is 8.48. The number of alkyl halides is 3. The van der Waals surface area contributed by atoms with E-state index in [1.807, 2.05) is 0 Å². The molecule has 0 spiro atoms. The molecule has 1 heterocycles. The van der Waals surface area contributed by atoms with E-state index in [1.165, 1.54) is 24.3 Å². The molecule has 0 aliphatic heterocycles. The van der Waals surface area contributed by atoms with Gasteiger partial charge in [0.2, 0.25) is 5.88 Å². The number of rotatable bonds is 6. The molecular weight excluding hydrogens is 373 g/mol. The molecule has 140 valence electrons. The molecule has 0 saturated carbocycles. The van der Waals surface area contributed by atoms with Crippen LogP contribution in [0.15, 0.2) is 47.5 Å². The molecule has 26 heavy (non-hydrogen) atoms. The Labute approximate surface area is 147 Å². The predicted molar refractivity (Wildman–Crippen MR) is 86.5 cm³/mol. The highest BCUT2D eigenvalue weighted by atomic mass is 32.2. The van der Waals surface area contributed by atoms with Gasteiger partial charge in [-0.05, 0) is 23.8 Å².